The van der Waals surface area contributed by atoms with Gasteiger partial charge in [-0.05, 0) is 17.0 Å². The third-order valence-corrected chi connectivity index (χ3v) is 3.14. The minimum absolute atomic E-state index is 0.320. The van der Waals surface area contributed by atoms with Gasteiger partial charge in [-0.3, -0.25) is 4.79 Å². The summed E-state index contributed by atoms with van der Waals surface area (Å²) in [4.78, 5) is 23.1. The van der Waals surface area contributed by atoms with Crippen molar-refractivity contribution < 1.29 is 14.7 Å². The van der Waals surface area contributed by atoms with Crippen LogP contribution in [-0.4, -0.2) is 29.1 Å². The fraction of sp³-hybridized carbons (Fsp3) is 0.385. The number of nitrogens with zero attached hydrogens (tertiary/aromatic N) is 1. The zero-order valence-corrected chi connectivity index (χ0v) is 11.3. The van der Waals surface area contributed by atoms with E-state index in [-0.39, 0.29) is 0 Å². The van der Waals surface area contributed by atoms with Crippen molar-refractivity contribution in [2.75, 3.05) is 7.05 Å². The Morgan fingerprint density at radius 3 is 2.33 bits per heavy atom. The third kappa shape index (κ3) is 3.23. The van der Waals surface area contributed by atoms with Gasteiger partial charge >= 0.3 is 6.09 Å². The normalized spacial score (nSPS) is 12.3. The zero-order chi connectivity index (χ0) is 13.9. The van der Waals surface area contributed by atoms with Crippen LogP contribution in [0.15, 0.2) is 24.3 Å². The SMILES string of the molecule is CC(C)c1cccc(C(Cl)C(=O)N(C)C(=O)O)c1. The van der Waals surface area contributed by atoms with Crippen LogP contribution in [0.2, 0.25) is 0 Å². The molecule has 0 aliphatic carbocycles. The maximum Gasteiger partial charge on any atom is 0.413 e. The molecule has 4 nitrogen and oxygen atoms in total. The van der Waals surface area contributed by atoms with E-state index in [2.05, 4.69) is 0 Å². The molecule has 1 aromatic rings. The van der Waals surface area contributed by atoms with Crippen molar-refractivity contribution in [3.63, 3.8) is 0 Å². The average Bonchev–Trinajstić information content (AvgIpc) is 2.36. The second kappa shape index (κ2) is 5.87. The fourth-order valence-corrected chi connectivity index (χ4v) is 1.76. The maximum atomic E-state index is 11.8. The lowest BCUT2D eigenvalue weighted by molar-refractivity contribution is -0.127. The minimum atomic E-state index is -1.31. The number of carboxylic acid groups (broad SMARTS) is 1. The van der Waals surface area contributed by atoms with Crippen molar-refractivity contribution in [1.82, 2.24) is 4.90 Å². The van der Waals surface area contributed by atoms with Gasteiger partial charge < -0.3 is 5.11 Å². The molecule has 98 valence electrons. The highest BCUT2D eigenvalue weighted by Gasteiger charge is 2.25. The molecule has 0 heterocycles. The topological polar surface area (TPSA) is 57.6 Å². The molecule has 0 aliphatic heterocycles. The molecule has 2 amide bonds. The van der Waals surface area contributed by atoms with Crippen molar-refractivity contribution in [3.05, 3.63) is 35.4 Å². The van der Waals surface area contributed by atoms with E-state index in [9.17, 15) is 9.59 Å². The molecular weight excluding hydrogens is 254 g/mol. The van der Waals surface area contributed by atoms with E-state index in [1.54, 1.807) is 6.07 Å². The Balaban J connectivity index is 2.96. The number of rotatable bonds is 3. The van der Waals surface area contributed by atoms with Gasteiger partial charge in [0.15, 0.2) is 0 Å². The first-order chi connectivity index (χ1) is 8.34. The van der Waals surface area contributed by atoms with Gasteiger partial charge in [-0.25, -0.2) is 9.69 Å². The lowest BCUT2D eigenvalue weighted by Crippen LogP contribution is -2.34. The van der Waals surface area contributed by atoms with Crippen LogP contribution in [0.4, 0.5) is 4.79 Å². The summed E-state index contributed by atoms with van der Waals surface area (Å²) in [6, 6.07) is 7.31. The van der Waals surface area contributed by atoms with Crippen LogP contribution in [0.1, 0.15) is 36.3 Å². The second-order valence-corrected chi connectivity index (χ2v) is 4.80. The predicted octanol–water partition coefficient (Wildman–Crippen LogP) is 3.23. The summed E-state index contributed by atoms with van der Waals surface area (Å²) in [6.45, 7) is 4.07. The maximum absolute atomic E-state index is 11.8. The van der Waals surface area contributed by atoms with E-state index < -0.39 is 17.4 Å². The number of benzene rings is 1. The summed E-state index contributed by atoms with van der Waals surface area (Å²) < 4.78 is 0. The van der Waals surface area contributed by atoms with E-state index in [0.717, 1.165) is 5.56 Å². The Kier molecular flexibility index (Phi) is 4.73. The average molecular weight is 270 g/mol. The number of carbonyl (C=O) groups is 2. The van der Waals surface area contributed by atoms with Gasteiger partial charge in [0.2, 0.25) is 0 Å². The van der Waals surface area contributed by atoms with Gasteiger partial charge in [0.05, 0.1) is 0 Å². The molecule has 1 unspecified atom stereocenters. The van der Waals surface area contributed by atoms with Crippen molar-refractivity contribution in [3.8, 4) is 0 Å². The Morgan fingerprint density at radius 1 is 1.28 bits per heavy atom. The summed E-state index contributed by atoms with van der Waals surface area (Å²) in [7, 11) is 1.19. The number of hydrogen-bond acceptors (Lipinski definition) is 2. The van der Waals surface area contributed by atoms with Crippen LogP contribution >= 0.6 is 11.6 Å². The number of likely N-dealkylation sites (N-methyl/N-ethyl adjacent to an activating group) is 1. The molecule has 0 spiro atoms. The van der Waals surface area contributed by atoms with Crippen molar-refractivity contribution >= 4 is 23.6 Å². The van der Waals surface area contributed by atoms with Crippen molar-refractivity contribution in [2.45, 2.75) is 25.1 Å². The van der Waals surface area contributed by atoms with Gasteiger partial charge in [0.1, 0.15) is 5.38 Å². The van der Waals surface area contributed by atoms with Crippen LogP contribution in [0, 0.1) is 0 Å². The molecule has 1 aromatic carbocycles. The van der Waals surface area contributed by atoms with Crippen LogP contribution in [0.5, 0.6) is 0 Å². The molecule has 18 heavy (non-hydrogen) atoms. The molecule has 1 N–H and O–H groups in total. The van der Waals surface area contributed by atoms with Crippen LogP contribution in [-0.2, 0) is 4.79 Å². The molecule has 0 radical (unpaired) electrons. The quantitative estimate of drug-likeness (QED) is 0.857. The number of halogens is 1. The zero-order valence-electron chi connectivity index (χ0n) is 10.6. The fourth-order valence-electron chi connectivity index (χ4n) is 1.48. The highest BCUT2D eigenvalue weighted by Crippen LogP contribution is 2.25. The number of carbonyl (C=O) groups excluding carboxylic acids is 1. The Hall–Kier alpha value is -1.55. The summed E-state index contributed by atoms with van der Waals surface area (Å²) in [5, 5.41) is 7.76. The Bertz CT molecular complexity index is 459. The Morgan fingerprint density at radius 2 is 1.83 bits per heavy atom. The lowest BCUT2D eigenvalue weighted by Gasteiger charge is -2.16. The summed E-state index contributed by atoms with van der Waals surface area (Å²) in [5.74, 6) is -0.328. The van der Waals surface area contributed by atoms with E-state index in [1.807, 2.05) is 32.0 Å². The molecule has 1 rings (SSSR count). The smallest absolute Gasteiger partial charge is 0.413 e. The van der Waals surface area contributed by atoms with Crippen LogP contribution in [0.25, 0.3) is 0 Å². The second-order valence-electron chi connectivity index (χ2n) is 4.37. The first kappa shape index (κ1) is 14.5. The summed E-state index contributed by atoms with van der Waals surface area (Å²) in [5.41, 5.74) is 1.67. The molecule has 0 saturated carbocycles. The van der Waals surface area contributed by atoms with E-state index in [4.69, 9.17) is 16.7 Å². The molecule has 0 fully saturated rings. The van der Waals surface area contributed by atoms with Gasteiger partial charge in [-0.1, -0.05) is 38.1 Å². The monoisotopic (exact) mass is 269 g/mol. The highest BCUT2D eigenvalue weighted by atomic mass is 35.5. The van der Waals surface area contributed by atoms with Crippen molar-refractivity contribution in [1.29, 1.82) is 0 Å². The highest BCUT2D eigenvalue weighted by molar-refractivity contribution is 6.31. The molecular formula is C13H16ClNO3. The predicted molar refractivity (Wildman–Crippen MR) is 69.9 cm³/mol. The van der Waals surface area contributed by atoms with E-state index in [1.165, 1.54) is 7.05 Å². The van der Waals surface area contributed by atoms with Crippen LogP contribution < -0.4 is 0 Å². The molecule has 5 heteroatoms. The first-order valence-electron chi connectivity index (χ1n) is 5.59. The van der Waals surface area contributed by atoms with Crippen LogP contribution in [0.3, 0.4) is 0 Å². The third-order valence-electron chi connectivity index (χ3n) is 2.70. The number of alkyl halides is 1. The number of imide groups is 1. The van der Waals surface area contributed by atoms with Crippen molar-refractivity contribution in [2.24, 2.45) is 0 Å². The van der Waals surface area contributed by atoms with E-state index in [0.29, 0.717) is 16.4 Å². The van der Waals surface area contributed by atoms with Gasteiger partial charge in [-0.15, -0.1) is 11.6 Å². The largest absolute Gasteiger partial charge is 0.465 e. The molecule has 0 aliphatic rings. The van der Waals surface area contributed by atoms with Gasteiger partial charge in [0.25, 0.3) is 5.91 Å². The Labute approximate surface area is 111 Å². The van der Waals surface area contributed by atoms with Gasteiger partial charge in [-0.2, -0.15) is 0 Å². The lowest BCUT2D eigenvalue weighted by atomic mass is 9.99. The van der Waals surface area contributed by atoms with E-state index >= 15 is 0 Å². The minimum Gasteiger partial charge on any atom is -0.465 e. The molecule has 0 bridgehead atoms. The summed E-state index contributed by atoms with van der Waals surface area (Å²) in [6.07, 6.45) is -1.31. The summed E-state index contributed by atoms with van der Waals surface area (Å²) >= 11 is 6.02. The molecule has 1 atom stereocenters. The first-order valence-corrected chi connectivity index (χ1v) is 6.02. The molecule has 0 aromatic heterocycles. The standard InChI is InChI=1S/C13H16ClNO3/c1-8(2)9-5-4-6-10(7-9)11(14)12(16)15(3)13(17)18/h4-8,11H,1-3H3,(H,17,18). The number of amides is 2. The van der Waals surface area contributed by atoms with Gasteiger partial charge in [0, 0.05) is 7.05 Å². The molecule has 0 saturated heterocycles. The number of hydrogen-bond donors (Lipinski definition) is 1.